The van der Waals surface area contributed by atoms with Crippen molar-refractivity contribution < 1.29 is 18.1 Å². The van der Waals surface area contributed by atoms with Gasteiger partial charge in [-0.05, 0) is 44.5 Å². The summed E-state index contributed by atoms with van der Waals surface area (Å²) in [5, 5.41) is 14.4. The minimum atomic E-state index is -3.97. The average molecular weight is 393 g/mol. The summed E-state index contributed by atoms with van der Waals surface area (Å²) >= 11 is 0. The topological polar surface area (TPSA) is 111 Å². The lowest BCUT2D eigenvalue weighted by molar-refractivity contribution is -0.384. The van der Waals surface area contributed by atoms with Crippen molar-refractivity contribution in [2.45, 2.75) is 31.7 Å². The van der Waals surface area contributed by atoms with Crippen molar-refractivity contribution in [3.05, 3.63) is 57.6 Å². The van der Waals surface area contributed by atoms with Gasteiger partial charge in [-0.15, -0.1) is 0 Å². The molecule has 2 rings (SSSR count). The molecule has 2 N–H and O–H groups in total. The van der Waals surface area contributed by atoms with Crippen LogP contribution in [0.1, 0.15) is 18.1 Å². The van der Waals surface area contributed by atoms with Gasteiger partial charge in [-0.3, -0.25) is 14.8 Å². The van der Waals surface area contributed by atoms with Gasteiger partial charge in [0.15, 0.2) is 0 Å². The van der Waals surface area contributed by atoms with Crippen molar-refractivity contribution in [2.75, 3.05) is 23.8 Å². The first-order chi connectivity index (χ1) is 12.6. The SMILES string of the molecule is COCC(C)Nc1ccc(S(=O)(=O)Nc2ccc(C)cc2C)cc1[N+](=O)[O-]. The number of hydrogen-bond acceptors (Lipinski definition) is 6. The highest BCUT2D eigenvalue weighted by atomic mass is 32.2. The Kier molecular flexibility index (Phi) is 6.40. The molecule has 9 heteroatoms. The van der Waals surface area contributed by atoms with Crippen LogP contribution in [0, 0.1) is 24.0 Å². The summed E-state index contributed by atoms with van der Waals surface area (Å²) in [5.74, 6) is 0. The van der Waals surface area contributed by atoms with Gasteiger partial charge in [0.05, 0.1) is 22.1 Å². The number of nitro benzene ring substituents is 1. The van der Waals surface area contributed by atoms with Gasteiger partial charge in [0.1, 0.15) is 5.69 Å². The van der Waals surface area contributed by atoms with Crippen LogP contribution in [0.25, 0.3) is 0 Å². The molecule has 0 aliphatic heterocycles. The Labute approximate surface area is 158 Å². The average Bonchev–Trinajstić information content (AvgIpc) is 2.57. The Morgan fingerprint density at radius 2 is 1.81 bits per heavy atom. The third-order valence-electron chi connectivity index (χ3n) is 3.92. The fourth-order valence-corrected chi connectivity index (χ4v) is 3.79. The summed E-state index contributed by atoms with van der Waals surface area (Å²) in [4.78, 5) is 10.6. The zero-order valence-electron chi connectivity index (χ0n) is 15.6. The summed E-state index contributed by atoms with van der Waals surface area (Å²) in [6, 6.07) is 8.90. The molecule has 0 fully saturated rings. The molecule has 0 saturated heterocycles. The smallest absolute Gasteiger partial charge is 0.293 e. The van der Waals surface area contributed by atoms with Crippen molar-refractivity contribution in [3.63, 3.8) is 0 Å². The van der Waals surface area contributed by atoms with E-state index >= 15 is 0 Å². The van der Waals surface area contributed by atoms with Gasteiger partial charge >= 0.3 is 0 Å². The molecule has 0 spiro atoms. The minimum absolute atomic E-state index is 0.176. The van der Waals surface area contributed by atoms with Crippen molar-refractivity contribution in [2.24, 2.45) is 0 Å². The quantitative estimate of drug-likeness (QED) is 0.525. The Morgan fingerprint density at radius 1 is 1.15 bits per heavy atom. The van der Waals surface area contributed by atoms with E-state index in [4.69, 9.17) is 4.74 Å². The van der Waals surface area contributed by atoms with E-state index in [0.717, 1.165) is 17.2 Å². The molecule has 1 atom stereocenters. The summed E-state index contributed by atoms with van der Waals surface area (Å²) in [7, 11) is -2.44. The number of benzene rings is 2. The molecule has 0 radical (unpaired) electrons. The van der Waals surface area contributed by atoms with Gasteiger partial charge in [0, 0.05) is 19.2 Å². The van der Waals surface area contributed by atoms with Crippen LogP contribution in [0.5, 0.6) is 0 Å². The molecular formula is C18H23N3O5S. The van der Waals surface area contributed by atoms with Crippen LogP contribution in [-0.4, -0.2) is 33.1 Å². The third kappa shape index (κ3) is 5.18. The molecule has 2 aromatic rings. The molecule has 0 heterocycles. The lowest BCUT2D eigenvalue weighted by atomic mass is 10.1. The van der Waals surface area contributed by atoms with E-state index in [0.29, 0.717) is 12.3 Å². The second-order valence-corrected chi connectivity index (χ2v) is 8.04. The van der Waals surface area contributed by atoms with Crippen LogP contribution in [0.15, 0.2) is 41.3 Å². The van der Waals surface area contributed by atoms with E-state index in [1.165, 1.54) is 19.2 Å². The molecule has 0 amide bonds. The molecule has 0 bridgehead atoms. The number of hydrogen-bond donors (Lipinski definition) is 2. The van der Waals surface area contributed by atoms with E-state index in [-0.39, 0.29) is 22.3 Å². The second kappa shape index (κ2) is 8.36. The standard InChI is InChI=1S/C18H23N3O5S/c1-12-5-7-16(13(2)9-12)20-27(24,25)15-6-8-17(18(10-15)21(22)23)19-14(3)11-26-4/h5-10,14,19-20H,11H2,1-4H3. The monoisotopic (exact) mass is 393 g/mol. The van der Waals surface area contributed by atoms with E-state index in [1.807, 2.05) is 13.0 Å². The van der Waals surface area contributed by atoms with Gasteiger partial charge in [0.25, 0.3) is 15.7 Å². The molecule has 8 nitrogen and oxygen atoms in total. The van der Waals surface area contributed by atoms with Gasteiger partial charge in [0.2, 0.25) is 0 Å². The third-order valence-corrected chi connectivity index (χ3v) is 5.28. The Balaban J connectivity index is 2.36. The number of ether oxygens (including phenoxy) is 1. The van der Waals surface area contributed by atoms with Gasteiger partial charge in [-0.2, -0.15) is 0 Å². The summed E-state index contributed by atoms with van der Waals surface area (Å²) < 4.78 is 32.8. The highest BCUT2D eigenvalue weighted by molar-refractivity contribution is 7.92. The summed E-state index contributed by atoms with van der Waals surface area (Å²) in [5.41, 5.74) is 2.11. The van der Waals surface area contributed by atoms with E-state index < -0.39 is 14.9 Å². The number of anilines is 2. The number of rotatable bonds is 8. The maximum Gasteiger partial charge on any atom is 0.293 e. The summed E-state index contributed by atoms with van der Waals surface area (Å²) in [6.45, 7) is 5.85. The molecule has 0 aromatic heterocycles. The molecule has 0 saturated carbocycles. The van der Waals surface area contributed by atoms with Crippen molar-refractivity contribution in [1.29, 1.82) is 0 Å². The fourth-order valence-electron chi connectivity index (χ4n) is 2.64. The first kappa shape index (κ1) is 20.7. The number of aryl methyl sites for hydroxylation is 2. The van der Waals surface area contributed by atoms with Crippen LogP contribution in [-0.2, 0) is 14.8 Å². The van der Waals surface area contributed by atoms with Crippen LogP contribution in [0.4, 0.5) is 17.1 Å². The van der Waals surface area contributed by atoms with Crippen LogP contribution >= 0.6 is 0 Å². The predicted octanol–water partition coefficient (Wildman–Crippen LogP) is 3.46. The number of nitrogens with one attached hydrogen (secondary N) is 2. The van der Waals surface area contributed by atoms with E-state index in [1.54, 1.807) is 26.0 Å². The van der Waals surface area contributed by atoms with Gasteiger partial charge < -0.3 is 10.1 Å². The Morgan fingerprint density at radius 3 is 2.41 bits per heavy atom. The van der Waals surface area contributed by atoms with Crippen LogP contribution in [0.2, 0.25) is 0 Å². The maximum atomic E-state index is 12.7. The van der Waals surface area contributed by atoms with Crippen molar-refractivity contribution in [1.82, 2.24) is 0 Å². The first-order valence-electron chi connectivity index (χ1n) is 8.28. The summed E-state index contributed by atoms with van der Waals surface area (Å²) in [6.07, 6.45) is 0. The molecule has 1 unspecified atom stereocenters. The molecule has 146 valence electrons. The maximum absolute atomic E-state index is 12.7. The van der Waals surface area contributed by atoms with Gasteiger partial charge in [-0.25, -0.2) is 8.42 Å². The Hall–Kier alpha value is -2.65. The fraction of sp³-hybridized carbons (Fsp3) is 0.333. The van der Waals surface area contributed by atoms with Crippen molar-refractivity contribution in [3.8, 4) is 0 Å². The van der Waals surface area contributed by atoms with Crippen molar-refractivity contribution >= 4 is 27.1 Å². The zero-order chi connectivity index (χ0) is 20.2. The molecule has 2 aromatic carbocycles. The zero-order valence-corrected chi connectivity index (χ0v) is 16.5. The number of nitrogens with zero attached hydrogens (tertiary/aromatic N) is 1. The second-order valence-electron chi connectivity index (χ2n) is 6.36. The largest absolute Gasteiger partial charge is 0.383 e. The normalized spacial score (nSPS) is 12.4. The lowest BCUT2D eigenvalue weighted by Gasteiger charge is -2.15. The minimum Gasteiger partial charge on any atom is -0.383 e. The highest BCUT2D eigenvalue weighted by Crippen LogP contribution is 2.29. The number of nitro groups is 1. The predicted molar refractivity (Wildman–Crippen MR) is 105 cm³/mol. The lowest BCUT2D eigenvalue weighted by Crippen LogP contribution is -2.21. The molecular weight excluding hydrogens is 370 g/mol. The number of methoxy groups -OCH3 is 1. The van der Waals surface area contributed by atoms with E-state index in [2.05, 4.69) is 10.0 Å². The Bertz CT molecular complexity index is 944. The molecule has 0 aliphatic carbocycles. The van der Waals surface area contributed by atoms with Crippen LogP contribution in [0.3, 0.4) is 0 Å². The first-order valence-corrected chi connectivity index (χ1v) is 9.76. The molecule has 27 heavy (non-hydrogen) atoms. The highest BCUT2D eigenvalue weighted by Gasteiger charge is 2.22. The van der Waals surface area contributed by atoms with Gasteiger partial charge in [-0.1, -0.05) is 17.7 Å². The van der Waals surface area contributed by atoms with Crippen LogP contribution < -0.4 is 10.0 Å². The number of sulfonamides is 1. The molecule has 0 aliphatic rings. The van der Waals surface area contributed by atoms with E-state index in [9.17, 15) is 18.5 Å².